The van der Waals surface area contributed by atoms with E-state index in [9.17, 15) is 14.9 Å². The third-order valence-corrected chi connectivity index (χ3v) is 2.80. The lowest BCUT2D eigenvalue weighted by atomic mass is 10.1. The maximum absolute atomic E-state index is 12.0. The first kappa shape index (κ1) is 13.7. The van der Waals surface area contributed by atoms with E-state index in [1.807, 2.05) is 13.0 Å². The van der Waals surface area contributed by atoms with E-state index in [4.69, 9.17) is 0 Å². The minimum atomic E-state index is -0.505. The summed E-state index contributed by atoms with van der Waals surface area (Å²) >= 11 is 0. The second-order valence-electron chi connectivity index (χ2n) is 4.44. The van der Waals surface area contributed by atoms with Crippen LogP contribution in [0, 0.1) is 24.0 Å². The molecule has 0 aliphatic carbocycles. The zero-order chi connectivity index (χ0) is 14.7. The van der Waals surface area contributed by atoms with E-state index < -0.39 is 4.92 Å². The number of hydrogen-bond donors (Lipinski definition) is 1. The fraction of sp³-hybridized carbons (Fsp3) is 0.143. The highest BCUT2D eigenvalue weighted by Crippen LogP contribution is 2.19. The molecule has 20 heavy (non-hydrogen) atoms. The molecule has 0 radical (unpaired) electrons. The summed E-state index contributed by atoms with van der Waals surface area (Å²) in [5, 5.41) is 13.3. The van der Waals surface area contributed by atoms with Crippen LogP contribution < -0.4 is 5.32 Å². The van der Waals surface area contributed by atoms with E-state index in [1.165, 1.54) is 6.07 Å². The second kappa shape index (κ2) is 5.48. The number of amides is 1. The highest BCUT2D eigenvalue weighted by atomic mass is 16.6. The van der Waals surface area contributed by atoms with E-state index in [1.54, 1.807) is 25.1 Å². The van der Waals surface area contributed by atoms with Crippen LogP contribution in [0.3, 0.4) is 0 Å². The van der Waals surface area contributed by atoms with E-state index in [0.717, 1.165) is 11.8 Å². The standard InChI is InChI=1S/C14H13N3O3/c1-9-4-3-5-11(6-9)14(18)16-13-7-10(2)12(8-15-13)17(19)20/h3-8H,1-2H3,(H,15,16,18). The van der Waals surface area contributed by atoms with E-state index in [0.29, 0.717) is 16.9 Å². The Morgan fingerprint density at radius 2 is 2.05 bits per heavy atom. The van der Waals surface area contributed by atoms with Crippen molar-refractivity contribution in [2.24, 2.45) is 0 Å². The molecule has 0 spiro atoms. The number of rotatable bonds is 3. The van der Waals surface area contributed by atoms with E-state index in [-0.39, 0.29) is 11.6 Å². The molecule has 2 aromatic rings. The van der Waals surface area contributed by atoms with Gasteiger partial charge in [0, 0.05) is 11.1 Å². The number of pyridine rings is 1. The van der Waals surface area contributed by atoms with Gasteiger partial charge in [0.25, 0.3) is 11.6 Å². The van der Waals surface area contributed by atoms with Gasteiger partial charge in [-0.05, 0) is 32.0 Å². The maximum atomic E-state index is 12.0. The number of benzene rings is 1. The van der Waals surface area contributed by atoms with Gasteiger partial charge in [0.2, 0.25) is 0 Å². The summed E-state index contributed by atoms with van der Waals surface area (Å²) in [5.74, 6) is -0.00550. The van der Waals surface area contributed by atoms with Crippen LogP contribution in [0.5, 0.6) is 0 Å². The van der Waals surface area contributed by atoms with Gasteiger partial charge in [0.15, 0.2) is 0 Å². The van der Waals surface area contributed by atoms with Gasteiger partial charge in [-0.3, -0.25) is 14.9 Å². The normalized spacial score (nSPS) is 10.1. The molecule has 0 saturated carbocycles. The fourth-order valence-electron chi connectivity index (χ4n) is 1.78. The predicted octanol–water partition coefficient (Wildman–Crippen LogP) is 2.86. The van der Waals surface area contributed by atoms with Gasteiger partial charge in [0.05, 0.1) is 4.92 Å². The molecule has 2 rings (SSSR count). The Bertz CT molecular complexity index is 683. The van der Waals surface area contributed by atoms with Crippen LogP contribution in [-0.2, 0) is 0 Å². The lowest BCUT2D eigenvalue weighted by Crippen LogP contribution is -2.13. The Hall–Kier alpha value is -2.76. The van der Waals surface area contributed by atoms with Crippen LogP contribution in [-0.4, -0.2) is 15.8 Å². The molecule has 6 nitrogen and oxygen atoms in total. The van der Waals surface area contributed by atoms with Crippen molar-refractivity contribution in [2.75, 3.05) is 5.32 Å². The molecule has 0 unspecified atom stereocenters. The highest BCUT2D eigenvalue weighted by molar-refractivity contribution is 6.03. The summed E-state index contributed by atoms with van der Waals surface area (Å²) in [6.45, 7) is 3.49. The van der Waals surface area contributed by atoms with Gasteiger partial charge in [-0.1, -0.05) is 17.7 Å². The third kappa shape index (κ3) is 2.97. The zero-order valence-corrected chi connectivity index (χ0v) is 11.1. The van der Waals surface area contributed by atoms with Crippen molar-refractivity contribution in [3.8, 4) is 0 Å². The Labute approximate surface area is 115 Å². The van der Waals surface area contributed by atoms with Crippen molar-refractivity contribution in [2.45, 2.75) is 13.8 Å². The van der Waals surface area contributed by atoms with Crippen molar-refractivity contribution in [3.05, 3.63) is 63.3 Å². The first-order valence-electron chi connectivity index (χ1n) is 5.96. The minimum absolute atomic E-state index is 0.0708. The monoisotopic (exact) mass is 271 g/mol. The third-order valence-electron chi connectivity index (χ3n) is 2.80. The summed E-state index contributed by atoms with van der Waals surface area (Å²) in [5.41, 5.74) is 1.87. The molecule has 1 amide bonds. The number of hydrogen-bond acceptors (Lipinski definition) is 4. The number of carbonyl (C=O) groups is 1. The number of aryl methyl sites for hydroxylation is 2. The number of nitro groups is 1. The van der Waals surface area contributed by atoms with Crippen LogP contribution in [0.25, 0.3) is 0 Å². The molecular weight excluding hydrogens is 258 g/mol. The topological polar surface area (TPSA) is 85.1 Å². The summed E-state index contributed by atoms with van der Waals surface area (Å²) in [4.78, 5) is 26.1. The number of aromatic nitrogens is 1. The van der Waals surface area contributed by atoms with Gasteiger partial charge in [-0.15, -0.1) is 0 Å². The van der Waals surface area contributed by atoms with Gasteiger partial charge >= 0.3 is 0 Å². The molecule has 0 aliphatic rings. The van der Waals surface area contributed by atoms with Crippen molar-refractivity contribution in [1.29, 1.82) is 0 Å². The number of nitrogens with zero attached hydrogens (tertiary/aromatic N) is 2. The van der Waals surface area contributed by atoms with Crippen LogP contribution in [0.1, 0.15) is 21.5 Å². The molecule has 1 aromatic heterocycles. The zero-order valence-electron chi connectivity index (χ0n) is 11.1. The highest BCUT2D eigenvalue weighted by Gasteiger charge is 2.13. The van der Waals surface area contributed by atoms with Crippen molar-refractivity contribution >= 4 is 17.4 Å². The smallest absolute Gasteiger partial charge is 0.290 e. The molecule has 102 valence electrons. The van der Waals surface area contributed by atoms with Crippen LogP contribution in [0.4, 0.5) is 11.5 Å². The SMILES string of the molecule is Cc1cccc(C(=O)Nc2cc(C)c([N+](=O)[O-])cn2)c1. The molecule has 0 aliphatic heterocycles. The number of nitrogens with one attached hydrogen (secondary N) is 1. The molecule has 0 fully saturated rings. The van der Waals surface area contributed by atoms with E-state index in [2.05, 4.69) is 10.3 Å². The lowest BCUT2D eigenvalue weighted by molar-refractivity contribution is -0.385. The van der Waals surface area contributed by atoms with Gasteiger partial charge in [-0.2, -0.15) is 0 Å². The molecular formula is C14H13N3O3. The summed E-state index contributed by atoms with van der Waals surface area (Å²) in [6, 6.07) is 8.61. The molecule has 0 saturated heterocycles. The molecule has 6 heteroatoms. The lowest BCUT2D eigenvalue weighted by Gasteiger charge is -2.06. The molecule has 1 N–H and O–H groups in total. The maximum Gasteiger partial charge on any atom is 0.290 e. The first-order chi connectivity index (χ1) is 9.47. The Kier molecular flexibility index (Phi) is 3.74. The second-order valence-corrected chi connectivity index (χ2v) is 4.44. The van der Waals surface area contributed by atoms with Crippen molar-refractivity contribution in [3.63, 3.8) is 0 Å². The van der Waals surface area contributed by atoms with Crippen LogP contribution in [0.15, 0.2) is 36.5 Å². The molecule has 0 atom stereocenters. The Morgan fingerprint density at radius 1 is 1.30 bits per heavy atom. The summed E-state index contributed by atoms with van der Waals surface area (Å²) < 4.78 is 0. The van der Waals surface area contributed by atoms with Crippen LogP contribution >= 0.6 is 0 Å². The first-order valence-corrected chi connectivity index (χ1v) is 5.96. The number of carbonyl (C=O) groups excluding carboxylic acids is 1. The molecule has 1 heterocycles. The summed E-state index contributed by atoms with van der Waals surface area (Å²) in [6.07, 6.45) is 1.14. The molecule has 0 bridgehead atoms. The predicted molar refractivity (Wildman–Crippen MR) is 74.8 cm³/mol. The van der Waals surface area contributed by atoms with Gasteiger partial charge in [0.1, 0.15) is 12.0 Å². The number of anilines is 1. The average molecular weight is 271 g/mol. The van der Waals surface area contributed by atoms with Gasteiger partial charge < -0.3 is 5.32 Å². The Balaban J connectivity index is 2.20. The van der Waals surface area contributed by atoms with E-state index >= 15 is 0 Å². The Morgan fingerprint density at radius 3 is 2.65 bits per heavy atom. The van der Waals surface area contributed by atoms with Crippen molar-refractivity contribution < 1.29 is 9.72 Å². The summed E-state index contributed by atoms with van der Waals surface area (Å²) in [7, 11) is 0. The molecule has 1 aromatic carbocycles. The fourth-order valence-corrected chi connectivity index (χ4v) is 1.78. The van der Waals surface area contributed by atoms with Gasteiger partial charge in [-0.25, -0.2) is 4.98 Å². The minimum Gasteiger partial charge on any atom is -0.307 e. The van der Waals surface area contributed by atoms with Crippen molar-refractivity contribution in [1.82, 2.24) is 4.98 Å². The van der Waals surface area contributed by atoms with Crippen LogP contribution in [0.2, 0.25) is 0 Å². The average Bonchev–Trinajstić information content (AvgIpc) is 2.38. The largest absolute Gasteiger partial charge is 0.307 e. The quantitative estimate of drug-likeness (QED) is 0.687.